The number of imide groups is 1. The van der Waals surface area contributed by atoms with Gasteiger partial charge in [-0.3, -0.25) is 23.9 Å². The van der Waals surface area contributed by atoms with Crippen molar-refractivity contribution in [1.29, 1.82) is 0 Å². The summed E-state index contributed by atoms with van der Waals surface area (Å²) in [5, 5.41) is 14.9. The number of aromatic nitrogens is 3. The van der Waals surface area contributed by atoms with Crippen LogP contribution in [-0.4, -0.2) is 64.0 Å². The van der Waals surface area contributed by atoms with E-state index in [2.05, 4.69) is 38.0 Å². The van der Waals surface area contributed by atoms with Crippen molar-refractivity contribution in [2.45, 2.75) is 19.3 Å². The molecule has 9 nitrogen and oxygen atoms in total. The summed E-state index contributed by atoms with van der Waals surface area (Å²) in [4.78, 5) is 31.1. The number of nitrogens with zero attached hydrogens (tertiary/aromatic N) is 5. The minimum absolute atomic E-state index is 0. The lowest BCUT2D eigenvalue weighted by molar-refractivity contribution is -0.140. The highest BCUT2D eigenvalue weighted by Gasteiger charge is 2.58. The fourth-order valence-corrected chi connectivity index (χ4v) is 5.21. The van der Waals surface area contributed by atoms with E-state index in [0.717, 1.165) is 37.3 Å². The molecule has 3 aliphatic rings. The molecule has 2 N–H and O–H groups in total. The number of amides is 2. The van der Waals surface area contributed by atoms with Crippen molar-refractivity contribution in [1.82, 2.24) is 30.1 Å². The first kappa shape index (κ1) is 22.7. The molecular weight excluding hydrogens is 521 g/mol. The molecule has 2 amide bonds. The first-order valence-corrected chi connectivity index (χ1v) is 10.9. The van der Waals surface area contributed by atoms with E-state index in [0.29, 0.717) is 19.0 Å². The standard InChI is InChI=1S/C22H27N7O2.HI/c1-23-22(24-9-4-6-17-27-26-16-5-2-3-11-28(16)17)25-10-12-29-20(30)18-14-7-8-15(13-14)19(18)21(29)31;/h2-3,5,7-8,11,14-15,18-19H,4,6,9-10,12-13H2,1H3,(H2,23,24,25);1H. The third-order valence-corrected chi connectivity index (χ3v) is 6.67. The maximum Gasteiger partial charge on any atom is 0.233 e. The molecule has 2 bridgehead atoms. The number of allylic oxidation sites excluding steroid dienone is 2. The average Bonchev–Trinajstić information content (AvgIpc) is 3.55. The van der Waals surface area contributed by atoms with Crippen LogP contribution in [0, 0.1) is 23.7 Å². The van der Waals surface area contributed by atoms with E-state index in [9.17, 15) is 9.59 Å². The molecule has 170 valence electrons. The van der Waals surface area contributed by atoms with Gasteiger partial charge in [0.05, 0.1) is 11.8 Å². The SMILES string of the molecule is CN=C(NCCCc1nnc2ccccn12)NCCN1C(=O)C2C3C=CC(C3)C2C1=O.I. The fraction of sp³-hybridized carbons (Fsp3) is 0.500. The van der Waals surface area contributed by atoms with Crippen LogP contribution in [0.1, 0.15) is 18.7 Å². The van der Waals surface area contributed by atoms with Crippen molar-refractivity contribution in [3.8, 4) is 0 Å². The van der Waals surface area contributed by atoms with Gasteiger partial charge in [-0.2, -0.15) is 0 Å². The number of fused-ring (bicyclic) bond motifs is 6. The van der Waals surface area contributed by atoms with Crippen LogP contribution < -0.4 is 10.6 Å². The van der Waals surface area contributed by atoms with Gasteiger partial charge in [0, 0.05) is 39.3 Å². The summed E-state index contributed by atoms with van der Waals surface area (Å²) >= 11 is 0. The normalized spacial score (nSPS) is 26.0. The van der Waals surface area contributed by atoms with E-state index in [-0.39, 0.29) is 59.5 Å². The summed E-state index contributed by atoms with van der Waals surface area (Å²) in [6, 6.07) is 5.85. The Morgan fingerprint density at radius 2 is 1.81 bits per heavy atom. The number of aryl methyl sites for hydroxylation is 1. The van der Waals surface area contributed by atoms with Crippen LogP contribution in [0.15, 0.2) is 41.5 Å². The van der Waals surface area contributed by atoms with Gasteiger partial charge in [0.25, 0.3) is 0 Å². The zero-order valence-electron chi connectivity index (χ0n) is 18.0. The Morgan fingerprint density at radius 1 is 1.09 bits per heavy atom. The Kier molecular flexibility index (Phi) is 6.77. The predicted molar refractivity (Wildman–Crippen MR) is 131 cm³/mol. The van der Waals surface area contributed by atoms with Gasteiger partial charge in [0.2, 0.25) is 11.8 Å². The first-order valence-electron chi connectivity index (χ1n) is 10.9. The maximum atomic E-state index is 12.7. The molecule has 0 aromatic carbocycles. The smallest absolute Gasteiger partial charge is 0.233 e. The number of nitrogens with one attached hydrogen (secondary N) is 2. The molecule has 2 aliphatic carbocycles. The molecule has 4 atom stereocenters. The highest BCUT2D eigenvalue weighted by molar-refractivity contribution is 14.0. The van der Waals surface area contributed by atoms with Gasteiger partial charge in [-0.05, 0) is 36.8 Å². The monoisotopic (exact) mass is 549 g/mol. The molecule has 1 saturated carbocycles. The third kappa shape index (κ3) is 4.00. The molecule has 2 fully saturated rings. The van der Waals surface area contributed by atoms with Crippen molar-refractivity contribution in [2.24, 2.45) is 28.7 Å². The van der Waals surface area contributed by atoms with Gasteiger partial charge >= 0.3 is 0 Å². The van der Waals surface area contributed by atoms with Gasteiger partial charge in [-0.25, -0.2) is 0 Å². The van der Waals surface area contributed by atoms with Gasteiger partial charge in [-0.1, -0.05) is 18.2 Å². The third-order valence-electron chi connectivity index (χ3n) is 6.67. The van der Waals surface area contributed by atoms with Gasteiger partial charge < -0.3 is 10.6 Å². The summed E-state index contributed by atoms with van der Waals surface area (Å²) in [5.41, 5.74) is 0.849. The summed E-state index contributed by atoms with van der Waals surface area (Å²) in [6.07, 6.45) is 8.83. The number of likely N-dealkylation sites (tertiary alicyclic amines) is 1. The summed E-state index contributed by atoms with van der Waals surface area (Å²) < 4.78 is 1.99. The number of carbonyl (C=O) groups is 2. The number of halogens is 1. The Labute approximate surface area is 203 Å². The number of pyridine rings is 1. The molecular formula is C22H28IN7O2. The summed E-state index contributed by atoms with van der Waals surface area (Å²) in [7, 11) is 1.71. The largest absolute Gasteiger partial charge is 0.356 e. The van der Waals surface area contributed by atoms with Crippen molar-refractivity contribution < 1.29 is 9.59 Å². The topological polar surface area (TPSA) is 104 Å². The van der Waals surface area contributed by atoms with E-state index in [4.69, 9.17) is 0 Å². The lowest BCUT2D eigenvalue weighted by atomic mass is 9.85. The highest BCUT2D eigenvalue weighted by Crippen LogP contribution is 2.52. The maximum absolute atomic E-state index is 12.7. The lowest BCUT2D eigenvalue weighted by Gasteiger charge is -2.18. The number of guanidine groups is 1. The molecule has 10 heteroatoms. The van der Waals surface area contributed by atoms with Crippen LogP contribution in [0.4, 0.5) is 0 Å². The number of aliphatic imine (C=N–C) groups is 1. The van der Waals surface area contributed by atoms with Gasteiger partial charge in [0.15, 0.2) is 11.6 Å². The highest BCUT2D eigenvalue weighted by atomic mass is 127. The second-order valence-electron chi connectivity index (χ2n) is 8.40. The fourth-order valence-electron chi connectivity index (χ4n) is 5.21. The molecule has 32 heavy (non-hydrogen) atoms. The Hall–Kier alpha value is -2.50. The Bertz CT molecular complexity index is 1040. The number of rotatable bonds is 7. The van der Waals surface area contributed by atoms with Crippen LogP contribution in [-0.2, 0) is 16.0 Å². The molecule has 2 aromatic rings. The minimum atomic E-state index is -0.131. The number of carbonyl (C=O) groups excluding carboxylic acids is 2. The minimum Gasteiger partial charge on any atom is -0.356 e. The van der Waals surface area contributed by atoms with Crippen LogP contribution in [0.3, 0.4) is 0 Å². The number of hydrogen-bond donors (Lipinski definition) is 2. The quantitative estimate of drug-likeness (QED) is 0.135. The van der Waals surface area contributed by atoms with Crippen molar-refractivity contribution in [3.63, 3.8) is 0 Å². The molecule has 0 radical (unpaired) electrons. The molecule has 0 spiro atoms. The van der Waals surface area contributed by atoms with E-state index in [1.54, 1.807) is 7.05 Å². The molecule has 4 unspecified atom stereocenters. The van der Waals surface area contributed by atoms with Crippen molar-refractivity contribution >= 4 is 47.4 Å². The molecule has 2 aromatic heterocycles. The van der Waals surface area contributed by atoms with Gasteiger partial charge in [0.1, 0.15) is 5.82 Å². The summed E-state index contributed by atoms with van der Waals surface area (Å²) in [6.45, 7) is 1.58. The lowest BCUT2D eigenvalue weighted by Crippen LogP contribution is -2.44. The number of hydrogen-bond acceptors (Lipinski definition) is 5. The van der Waals surface area contributed by atoms with Crippen molar-refractivity contribution in [2.75, 3.05) is 26.7 Å². The van der Waals surface area contributed by atoms with Crippen molar-refractivity contribution in [3.05, 3.63) is 42.4 Å². The zero-order chi connectivity index (χ0) is 21.4. The second kappa shape index (κ2) is 9.55. The van der Waals surface area contributed by atoms with E-state index in [1.807, 2.05) is 28.8 Å². The molecule has 1 aliphatic heterocycles. The van der Waals surface area contributed by atoms with Crippen LogP contribution >= 0.6 is 24.0 Å². The van der Waals surface area contributed by atoms with E-state index in [1.165, 1.54) is 4.90 Å². The average molecular weight is 549 g/mol. The molecule has 5 rings (SSSR count). The van der Waals surface area contributed by atoms with Crippen LogP contribution in [0.5, 0.6) is 0 Å². The Morgan fingerprint density at radius 3 is 2.53 bits per heavy atom. The zero-order valence-corrected chi connectivity index (χ0v) is 20.3. The molecule has 3 heterocycles. The van der Waals surface area contributed by atoms with Crippen LogP contribution in [0.25, 0.3) is 5.65 Å². The predicted octanol–water partition coefficient (Wildman–Crippen LogP) is 1.25. The van der Waals surface area contributed by atoms with E-state index >= 15 is 0 Å². The summed E-state index contributed by atoms with van der Waals surface area (Å²) in [5.74, 6) is 1.82. The van der Waals surface area contributed by atoms with Gasteiger partial charge in [-0.15, -0.1) is 34.2 Å². The van der Waals surface area contributed by atoms with E-state index < -0.39 is 0 Å². The molecule has 1 saturated heterocycles. The first-order chi connectivity index (χ1) is 15.2. The second-order valence-corrected chi connectivity index (χ2v) is 8.40. The Balaban J connectivity index is 0.00000245. The van der Waals surface area contributed by atoms with Crippen LogP contribution in [0.2, 0.25) is 0 Å².